The molecule has 2 rings (SSSR count). The van der Waals surface area contributed by atoms with Gasteiger partial charge >= 0.3 is 0 Å². The zero-order valence-electron chi connectivity index (χ0n) is 12.3. The number of anilines is 1. The lowest BCUT2D eigenvalue weighted by molar-refractivity contribution is -0.116. The molecule has 0 aliphatic rings. The van der Waals surface area contributed by atoms with Crippen molar-refractivity contribution >= 4 is 11.6 Å². The Labute approximate surface area is 128 Å². The van der Waals surface area contributed by atoms with Gasteiger partial charge in [-0.15, -0.1) is 0 Å². The predicted octanol–water partition coefficient (Wildman–Crippen LogP) is 3.29. The van der Waals surface area contributed by atoms with Gasteiger partial charge in [0.25, 0.3) is 0 Å². The van der Waals surface area contributed by atoms with Crippen molar-refractivity contribution < 1.29 is 19.0 Å². The van der Waals surface area contributed by atoms with E-state index in [4.69, 9.17) is 4.74 Å². The summed E-state index contributed by atoms with van der Waals surface area (Å²) in [6, 6.07) is 13.1. The third-order valence-corrected chi connectivity index (χ3v) is 3.11. The molecule has 2 aromatic rings. The molecule has 0 aliphatic carbocycles. The smallest absolute Gasteiger partial charge is 0.227 e. The molecule has 5 heteroatoms. The van der Waals surface area contributed by atoms with E-state index in [1.807, 2.05) is 0 Å². The second-order valence-corrected chi connectivity index (χ2v) is 4.84. The Morgan fingerprint density at radius 2 is 1.91 bits per heavy atom. The average Bonchev–Trinajstić information content (AvgIpc) is 2.49. The Balaban J connectivity index is 1.88. The molecule has 0 heterocycles. The highest BCUT2D eigenvalue weighted by molar-refractivity contribution is 5.91. The number of nitrogens with one attached hydrogen (secondary N) is 1. The second kappa shape index (κ2) is 7.56. The number of hydrogen-bond donors (Lipinski definition) is 2. The summed E-state index contributed by atoms with van der Waals surface area (Å²) in [6.07, 6.45) is -0.589. The van der Waals surface area contributed by atoms with Crippen molar-refractivity contribution in [2.45, 2.75) is 19.4 Å². The molecule has 0 fully saturated rings. The molecule has 0 bridgehead atoms. The highest BCUT2D eigenvalue weighted by Crippen LogP contribution is 2.22. The number of rotatable bonds is 6. The fourth-order valence-electron chi connectivity index (χ4n) is 2.00. The van der Waals surface area contributed by atoms with Crippen LogP contribution in [0.4, 0.5) is 10.1 Å². The lowest BCUT2D eigenvalue weighted by atomic mass is 10.1. The van der Waals surface area contributed by atoms with Crippen LogP contribution < -0.4 is 10.1 Å². The molecule has 116 valence electrons. The Morgan fingerprint density at radius 1 is 1.23 bits per heavy atom. The summed E-state index contributed by atoms with van der Waals surface area (Å²) in [5.74, 6) is -0.591. The SMILES string of the molecule is CC(O)c1ccccc1NC(=O)CCOc1ccccc1F. The van der Waals surface area contributed by atoms with E-state index < -0.39 is 11.9 Å². The molecule has 1 amide bonds. The van der Waals surface area contributed by atoms with E-state index in [2.05, 4.69) is 5.32 Å². The Morgan fingerprint density at radius 3 is 2.64 bits per heavy atom. The number of amides is 1. The van der Waals surface area contributed by atoms with Gasteiger partial charge in [0.2, 0.25) is 5.91 Å². The van der Waals surface area contributed by atoms with E-state index in [9.17, 15) is 14.3 Å². The summed E-state index contributed by atoms with van der Waals surface area (Å²) in [4.78, 5) is 11.9. The van der Waals surface area contributed by atoms with Crippen molar-refractivity contribution in [3.8, 4) is 5.75 Å². The first-order valence-corrected chi connectivity index (χ1v) is 7.02. The van der Waals surface area contributed by atoms with Crippen molar-refractivity contribution in [1.82, 2.24) is 0 Å². The first-order chi connectivity index (χ1) is 10.6. The third kappa shape index (κ3) is 4.30. The molecule has 0 aromatic heterocycles. The number of aliphatic hydroxyl groups is 1. The average molecular weight is 303 g/mol. The number of ether oxygens (including phenoxy) is 1. The zero-order chi connectivity index (χ0) is 15.9. The summed E-state index contributed by atoms with van der Waals surface area (Å²) in [5, 5.41) is 12.4. The molecule has 1 unspecified atom stereocenters. The van der Waals surface area contributed by atoms with E-state index in [0.717, 1.165) is 0 Å². The van der Waals surface area contributed by atoms with Gasteiger partial charge in [-0.1, -0.05) is 30.3 Å². The molecule has 0 saturated heterocycles. The number of halogens is 1. The van der Waals surface area contributed by atoms with E-state index in [1.165, 1.54) is 12.1 Å². The Hall–Kier alpha value is -2.40. The standard InChI is InChI=1S/C17H18FNO3/c1-12(20)13-6-2-4-8-15(13)19-17(21)10-11-22-16-9-5-3-7-14(16)18/h2-9,12,20H,10-11H2,1H3,(H,19,21). The second-order valence-electron chi connectivity index (χ2n) is 4.84. The van der Waals surface area contributed by atoms with Gasteiger partial charge in [0, 0.05) is 11.3 Å². The minimum absolute atomic E-state index is 0.0730. The molecule has 1 atom stereocenters. The van der Waals surface area contributed by atoms with E-state index in [1.54, 1.807) is 43.3 Å². The number of para-hydroxylation sites is 2. The van der Waals surface area contributed by atoms with Gasteiger partial charge in [-0.05, 0) is 25.1 Å². The van der Waals surface area contributed by atoms with E-state index in [0.29, 0.717) is 11.3 Å². The summed E-state index contributed by atoms with van der Waals surface area (Å²) >= 11 is 0. The molecule has 0 spiro atoms. The van der Waals surface area contributed by atoms with Crippen LogP contribution in [0.2, 0.25) is 0 Å². The monoisotopic (exact) mass is 303 g/mol. The van der Waals surface area contributed by atoms with Crippen LogP contribution in [-0.2, 0) is 4.79 Å². The quantitative estimate of drug-likeness (QED) is 0.861. The van der Waals surface area contributed by atoms with Crippen LogP contribution in [0.1, 0.15) is 25.0 Å². The van der Waals surface area contributed by atoms with Gasteiger partial charge in [0.05, 0.1) is 19.1 Å². The number of hydrogen-bond acceptors (Lipinski definition) is 3. The van der Waals surface area contributed by atoms with Gasteiger partial charge in [-0.3, -0.25) is 4.79 Å². The minimum Gasteiger partial charge on any atom is -0.490 e. The first kappa shape index (κ1) is 16.0. The Bertz CT molecular complexity index is 643. The molecule has 0 aliphatic heterocycles. The van der Waals surface area contributed by atoms with Crippen molar-refractivity contribution in [2.24, 2.45) is 0 Å². The van der Waals surface area contributed by atoms with Crippen molar-refractivity contribution in [1.29, 1.82) is 0 Å². The Kier molecular flexibility index (Phi) is 5.49. The fourth-order valence-corrected chi connectivity index (χ4v) is 2.00. The number of carbonyl (C=O) groups is 1. The summed E-state index contributed by atoms with van der Waals surface area (Å²) in [6.45, 7) is 1.70. The maximum absolute atomic E-state index is 13.3. The summed E-state index contributed by atoms with van der Waals surface area (Å²) in [5.41, 5.74) is 1.21. The zero-order valence-corrected chi connectivity index (χ0v) is 12.3. The molecule has 0 saturated carbocycles. The molecule has 22 heavy (non-hydrogen) atoms. The maximum atomic E-state index is 13.3. The molecular formula is C17H18FNO3. The van der Waals surface area contributed by atoms with Gasteiger partial charge < -0.3 is 15.2 Å². The number of aliphatic hydroxyl groups excluding tert-OH is 1. The fraction of sp³-hybridized carbons (Fsp3) is 0.235. The minimum atomic E-state index is -0.675. The van der Waals surface area contributed by atoms with Gasteiger partial charge in [0.15, 0.2) is 11.6 Å². The maximum Gasteiger partial charge on any atom is 0.227 e. The highest BCUT2D eigenvalue weighted by atomic mass is 19.1. The van der Waals surface area contributed by atoms with Gasteiger partial charge in [0.1, 0.15) is 0 Å². The normalized spacial score (nSPS) is 11.8. The third-order valence-electron chi connectivity index (χ3n) is 3.11. The largest absolute Gasteiger partial charge is 0.490 e. The predicted molar refractivity (Wildman–Crippen MR) is 82.2 cm³/mol. The summed E-state index contributed by atoms with van der Waals surface area (Å²) < 4.78 is 18.6. The van der Waals surface area contributed by atoms with Crippen LogP contribution in [0.15, 0.2) is 48.5 Å². The van der Waals surface area contributed by atoms with Crippen LogP contribution in [-0.4, -0.2) is 17.6 Å². The van der Waals surface area contributed by atoms with Crippen LogP contribution in [0.25, 0.3) is 0 Å². The van der Waals surface area contributed by atoms with Gasteiger partial charge in [-0.2, -0.15) is 0 Å². The molecule has 2 aromatic carbocycles. The molecule has 2 N–H and O–H groups in total. The van der Waals surface area contributed by atoms with Crippen LogP contribution >= 0.6 is 0 Å². The number of carbonyl (C=O) groups excluding carboxylic acids is 1. The van der Waals surface area contributed by atoms with Gasteiger partial charge in [-0.25, -0.2) is 4.39 Å². The summed E-state index contributed by atoms with van der Waals surface area (Å²) in [7, 11) is 0. The van der Waals surface area contributed by atoms with Crippen LogP contribution in [0, 0.1) is 5.82 Å². The molecular weight excluding hydrogens is 285 g/mol. The number of benzene rings is 2. The van der Waals surface area contributed by atoms with Crippen molar-refractivity contribution in [2.75, 3.05) is 11.9 Å². The highest BCUT2D eigenvalue weighted by Gasteiger charge is 2.10. The topological polar surface area (TPSA) is 58.6 Å². The molecule has 0 radical (unpaired) electrons. The van der Waals surface area contributed by atoms with Crippen molar-refractivity contribution in [3.63, 3.8) is 0 Å². The lowest BCUT2D eigenvalue weighted by Gasteiger charge is -2.13. The first-order valence-electron chi connectivity index (χ1n) is 7.02. The molecule has 4 nitrogen and oxygen atoms in total. The van der Waals surface area contributed by atoms with Crippen LogP contribution in [0.3, 0.4) is 0 Å². The van der Waals surface area contributed by atoms with E-state index in [-0.39, 0.29) is 24.7 Å². The lowest BCUT2D eigenvalue weighted by Crippen LogP contribution is -2.16. The van der Waals surface area contributed by atoms with E-state index >= 15 is 0 Å². The van der Waals surface area contributed by atoms with Crippen molar-refractivity contribution in [3.05, 3.63) is 59.9 Å². The van der Waals surface area contributed by atoms with Crippen LogP contribution in [0.5, 0.6) is 5.75 Å².